The fourth-order valence-corrected chi connectivity index (χ4v) is 4.40. The van der Waals surface area contributed by atoms with Crippen molar-refractivity contribution in [2.75, 3.05) is 20.2 Å². The Balaban J connectivity index is 1.83. The van der Waals surface area contributed by atoms with Crippen LogP contribution in [0.15, 0.2) is 9.59 Å². The van der Waals surface area contributed by atoms with Crippen LogP contribution in [-0.2, 0) is 33.8 Å². The van der Waals surface area contributed by atoms with E-state index in [1.165, 1.54) is 11.7 Å². The third-order valence-electron chi connectivity index (χ3n) is 6.19. The highest BCUT2D eigenvalue weighted by Gasteiger charge is 2.28. The van der Waals surface area contributed by atoms with Crippen molar-refractivity contribution in [2.45, 2.75) is 72.4 Å². The summed E-state index contributed by atoms with van der Waals surface area (Å²) in [5.74, 6) is 0.519. The molecule has 1 N–H and O–H groups in total. The Morgan fingerprint density at radius 2 is 1.88 bits per heavy atom. The Labute approximate surface area is 192 Å². The number of esters is 1. The molecule has 10 nitrogen and oxygen atoms in total. The second-order valence-corrected chi connectivity index (χ2v) is 9.15. The van der Waals surface area contributed by atoms with Gasteiger partial charge in [0, 0.05) is 39.0 Å². The number of methoxy groups -OCH3 is 1. The predicted molar refractivity (Wildman–Crippen MR) is 124 cm³/mol. The van der Waals surface area contributed by atoms with E-state index in [2.05, 4.69) is 9.97 Å². The van der Waals surface area contributed by atoms with Gasteiger partial charge in [-0.25, -0.2) is 9.78 Å². The van der Waals surface area contributed by atoms with Crippen molar-refractivity contribution >= 4 is 23.0 Å². The van der Waals surface area contributed by atoms with Gasteiger partial charge in [0.15, 0.2) is 11.2 Å². The summed E-state index contributed by atoms with van der Waals surface area (Å²) in [7, 11) is 1.38. The lowest BCUT2D eigenvalue weighted by atomic mass is 9.97. The highest BCUT2D eigenvalue weighted by Crippen LogP contribution is 2.20. The summed E-state index contributed by atoms with van der Waals surface area (Å²) in [5.41, 5.74) is -0.121. The monoisotopic (exact) mass is 461 g/mol. The number of carbonyl (C=O) groups is 2. The molecule has 1 saturated heterocycles. The molecule has 0 radical (unpaired) electrons. The maximum Gasteiger partial charge on any atom is 0.330 e. The second-order valence-electron chi connectivity index (χ2n) is 9.15. The molecule has 0 aliphatic carbocycles. The normalized spacial score (nSPS) is 14.9. The number of hydrogen-bond acceptors (Lipinski definition) is 6. The van der Waals surface area contributed by atoms with E-state index in [1.807, 2.05) is 25.3 Å². The number of likely N-dealkylation sites (tertiary alicyclic amines) is 1. The van der Waals surface area contributed by atoms with Gasteiger partial charge >= 0.3 is 11.7 Å². The van der Waals surface area contributed by atoms with Crippen molar-refractivity contribution in [1.29, 1.82) is 0 Å². The smallest absolute Gasteiger partial charge is 0.330 e. The van der Waals surface area contributed by atoms with Crippen LogP contribution in [0.5, 0.6) is 0 Å². The Hall–Kier alpha value is -2.91. The summed E-state index contributed by atoms with van der Waals surface area (Å²) in [4.78, 5) is 58.6. The van der Waals surface area contributed by atoms with Crippen molar-refractivity contribution in [2.24, 2.45) is 11.8 Å². The number of ether oxygens (including phenoxy) is 1. The molecule has 2 aromatic heterocycles. The Bertz CT molecular complexity index is 1100. The van der Waals surface area contributed by atoms with Crippen molar-refractivity contribution in [3.8, 4) is 0 Å². The van der Waals surface area contributed by atoms with Crippen molar-refractivity contribution in [3.05, 3.63) is 26.7 Å². The maximum atomic E-state index is 12.8. The quantitative estimate of drug-likeness (QED) is 0.568. The van der Waals surface area contributed by atoms with E-state index in [1.54, 1.807) is 4.90 Å². The largest absolute Gasteiger partial charge is 0.469 e. The van der Waals surface area contributed by atoms with Gasteiger partial charge < -0.3 is 14.2 Å². The Kier molecular flexibility index (Phi) is 8.10. The minimum atomic E-state index is -0.453. The number of H-pyrrole nitrogens is 1. The zero-order valence-corrected chi connectivity index (χ0v) is 20.1. The first-order chi connectivity index (χ1) is 15.8. The van der Waals surface area contributed by atoms with Gasteiger partial charge in [0.25, 0.3) is 5.56 Å². The van der Waals surface area contributed by atoms with Crippen LogP contribution in [0.4, 0.5) is 0 Å². The summed E-state index contributed by atoms with van der Waals surface area (Å²) in [6.07, 6.45) is 3.54. The van der Waals surface area contributed by atoms with Gasteiger partial charge in [0.2, 0.25) is 5.91 Å². The topological polar surface area (TPSA) is 119 Å². The lowest BCUT2D eigenvalue weighted by Gasteiger charge is -2.30. The molecule has 1 fully saturated rings. The number of rotatable bonds is 9. The SMILES string of the molecule is CCCCn1c(=O)[nH]c(=O)c2c1nc(CCC(=O)N1CCC(C(=O)OC)CC1)n2CC(C)C. The first-order valence-electron chi connectivity index (χ1n) is 11.8. The number of nitrogens with one attached hydrogen (secondary N) is 1. The van der Waals surface area contributed by atoms with E-state index in [9.17, 15) is 19.2 Å². The maximum absolute atomic E-state index is 12.8. The Morgan fingerprint density at radius 3 is 2.48 bits per heavy atom. The number of unbranched alkanes of at least 4 members (excludes halogenated alkanes) is 1. The number of aromatic nitrogens is 4. The fraction of sp³-hybridized carbons (Fsp3) is 0.696. The van der Waals surface area contributed by atoms with E-state index in [-0.39, 0.29) is 30.1 Å². The highest BCUT2D eigenvalue weighted by atomic mass is 16.5. The molecule has 1 amide bonds. The highest BCUT2D eigenvalue weighted by molar-refractivity contribution is 5.78. The predicted octanol–water partition coefficient (Wildman–Crippen LogP) is 1.69. The molecule has 1 aliphatic rings. The zero-order valence-electron chi connectivity index (χ0n) is 20.1. The van der Waals surface area contributed by atoms with Crippen LogP contribution in [0, 0.1) is 11.8 Å². The minimum Gasteiger partial charge on any atom is -0.469 e. The molecule has 1 aliphatic heterocycles. The number of nitrogens with zero attached hydrogens (tertiary/aromatic N) is 4. The molecular formula is C23H35N5O5. The molecular weight excluding hydrogens is 426 g/mol. The number of aromatic amines is 1. The average molecular weight is 462 g/mol. The van der Waals surface area contributed by atoms with Crippen molar-refractivity contribution < 1.29 is 14.3 Å². The zero-order chi connectivity index (χ0) is 24.1. The van der Waals surface area contributed by atoms with Gasteiger partial charge in [-0.2, -0.15) is 0 Å². The standard InChI is InChI=1S/C23H35N5O5/c1-5-6-11-27-20-19(21(30)25-23(27)32)28(14-15(2)3)17(24-20)7-8-18(29)26-12-9-16(10-13-26)22(31)33-4/h15-16H,5-14H2,1-4H3,(H,25,30,32). The number of amides is 1. The van der Waals surface area contributed by atoms with Crippen molar-refractivity contribution in [3.63, 3.8) is 0 Å². The molecule has 0 saturated carbocycles. The summed E-state index contributed by atoms with van der Waals surface area (Å²) >= 11 is 0. The Morgan fingerprint density at radius 1 is 1.18 bits per heavy atom. The third kappa shape index (κ3) is 5.54. The first kappa shape index (κ1) is 24.7. The molecule has 0 bridgehead atoms. The van der Waals surface area contributed by atoms with E-state index in [4.69, 9.17) is 4.74 Å². The molecule has 3 rings (SSSR count). The molecule has 182 valence electrons. The van der Waals surface area contributed by atoms with Crippen LogP contribution in [-0.4, -0.2) is 56.1 Å². The number of fused-ring (bicyclic) bond motifs is 1. The lowest BCUT2D eigenvalue weighted by Crippen LogP contribution is -2.40. The molecule has 10 heteroatoms. The summed E-state index contributed by atoms with van der Waals surface area (Å²) < 4.78 is 8.20. The molecule has 2 aromatic rings. The van der Waals surface area contributed by atoms with Crippen LogP contribution < -0.4 is 11.2 Å². The summed E-state index contributed by atoms with van der Waals surface area (Å²) in [5, 5.41) is 0. The fourth-order valence-electron chi connectivity index (χ4n) is 4.40. The number of imidazole rings is 1. The number of hydrogen-bond donors (Lipinski definition) is 1. The molecule has 0 spiro atoms. The molecule has 0 aromatic carbocycles. The average Bonchev–Trinajstić information content (AvgIpc) is 3.14. The summed E-state index contributed by atoms with van der Waals surface area (Å²) in [6, 6.07) is 0. The van der Waals surface area contributed by atoms with Crippen LogP contribution in [0.2, 0.25) is 0 Å². The number of aryl methyl sites for hydroxylation is 2. The lowest BCUT2D eigenvalue weighted by molar-refractivity contribution is -0.148. The molecule has 33 heavy (non-hydrogen) atoms. The molecule has 0 unspecified atom stereocenters. The van der Waals surface area contributed by atoms with Gasteiger partial charge in [-0.15, -0.1) is 0 Å². The minimum absolute atomic E-state index is 0.00116. The summed E-state index contributed by atoms with van der Waals surface area (Å²) in [6.45, 7) is 8.24. The third-order valence-corrected chi connectivity index (χ3v) is 6.19. The second kappa shape index (κ2) is 10.8. The molecule has 3 heterocycles. The first-order valence-corrected chi connectivity index (χ1v) is 11.8. The molecule has 0 atom stereocenters. The number of piperidine rings is 1. The van der Waals surface area contributed by atoms with E-state index >= 15 is 0 Å². The van der Waals surface area contributed by atoms with Gasteiger partial charge in [-0.05, 0) is 25.2 Å². The van der Waals surface area contributed by atoms with Gasteiger partial charge in [0.05, 0.1) is 13.0 Å². The van der Waals surface area contributed by atoms with E-state index in [0.717, 1.165) is 12.8 Å². The van der Waals surface area contributed by atoms with Crippen LogP contribution >= 0.6 is 0 Å². The van der Waals surface area contributed by atoms with E-state index < -0.39 is 11.2 Å². The van der Waals surface area contributed by atoms with Crippen molar-refractivity contribution in [1.82, 2.24) is 24.0 Å². The van der Waals surface area contributed by atoms with Gasteiger partial charge in [-0.3, -0.25) is 23.9 Å². The number of carbonyl (C=O) groups excluding carboxylic acids is 2. The van der Waals surface area contributed by atoms with E-state index in [0.29, 0.717) is 62.4 Å². The van der Waals surface area contributed by atoms with Crippen LogP contribution in [0.1, 0.15) is 58.7 Å². The van der Waals surface area contributed by atoms with Gasteiger partial charge in [-0.1, -0.05) is 27.2 Å². The van der Waals surface area contributed by atoms with Gasteiger partial charge in [0.1, 0.15) is 5.82 Å². The van der Waals surface area contributed by atoms with Crippen LogP contribution in [0.3, 0.4) is 0 Å². The van der Waals surface area contributed by atoms with Crippen LogP contribution in [0.25, 0.3) is 11.2 Å².